The van der Waals surface area contributed by atoms with Crippen molar-refractivity contribution in [2.45, 2.75) is 13.8 Å². The highest BCUT2D eigenvalue weighted by molar-refractivity contribution is 7.19. The second-order valence-electron chi connectivity index (χ2n) is 7.16. The van der Waals surface area contributed by atoms with Crippen LogP contribution in [0.1, 0.15) is 53.2 Å². The molecule has 0 aliphatic carbocycles. The van der Waals surface area contributed by atoms with Gasteiger partial charge in [0.2, 0.25) is 0 Å². The summed E-state index contributed by atoms with van der Waals surface area (Å²) >= 11 is 0.949. The normalized spacial score (nSPS) is 10.3. The number of nitrogens with one attached hydrogen (secondary N) is 2. The Kier molecular flexibility index (Phi) is 8.21. The number of benzene rings is 2. The van der Waals surface area contributed by atoms with Gasteiger partial charge >= 0.3 is 11.9 Å². The number of carbonyl (C=O) groups excluding carboxylic acids is 4. The Morgan fingerprint density at radius 3 is 2.20 bits per heavy atom. The van der Waals surface area contributed by atoms with Crippen LogP contribution in [0.5, 0.6) is 5.75 Å². The molecule has 0 aliphatic rings. The van der Waals surface area contributed by atoms with E-state index in [1.165, 1.54) is 26.4 Å². The van der Waals surface area contributed by atoms with Gasteiger partial charge < -0.3 is 24.8 Å². The van der Waals surface area contributed by atoms with Gasteiger partial charge in [-0.15, -0.1) is 11.3 Å². The molecule has 0 unspecified atom stereocenters. The molecule has 2 N–H and O–H groups in total. The molecule has 0 saturated heterocycles. The van der Waals surface area contributed by atoms with E-state index in [9.17, 15) is 19.2 Å². The number of ether oxygens (including phenoxy) is 3. The number of rotatable bonds is 8. The van der Waals surface area contributed by atoms with Crippen molar-refractivity contribution in [3.05, 3.63) is 75.7 Å². The quantitative estimate of drug-likeness (QED) is 0.440. The molecule has 1 aromatic heterocycles. The molecule has 2 amide bonds. The molecule has 0 saturated carbocycles. The van der Waals surface area contributed by atoms with Crippen molar-refractivity contribution in [3.8, 4) is 5.75 Å². The number of amides is 2. The van der Waals surface area contributed by atoms with Crippen LogP contribution >= 0.6 is 11.3 Å². The Bertz CT molecular complexity index is 1270. The van der Waals surface area contributed by atoms with Crippen LogP contribution in [-0.2, 0) is 9.47 Å². The molecule has 0 atom stereocenters. The van der Waals surface area contributed by atoms with E-state index in [2.05, 4.69) is 10.6 Å². The van der Waals surface area contributed by atoms with Crippen LogP contribution in [0.4, 0.5) is 10.7 Å². The third-order valence-electron chi connectivity index (χ3n) is 4.98. The minimum atomic E-state index is -0.688. The van der Waals surface area contributed by atoms with Gasteiger partial charge in [-0.05, 0) is 55.8 Å². The predicted octanol–water partition coefficient (Wildman–Crippen LogP) is 4.53. The first-order valence-electron chi connectivity index (χ1n) is 10.5. The smallest absolute Gasteiger partial charge is 0.341 e. The summed E-state index contributed by atoms with van der Waals surface area (Å²) in [6.07, 6.45) is 0. The summed E-state index contributed by atoms with van der Waals surface area (Å²) in [4.78, 5) is 50.4. The summed E-state index contributed by atoms with van der Waals surface area (Å²) in [7, 11) is 2.67. The molecule has 9 nitrogen and oxygen atoms in total. The number of para-hydroxylation sites is 1. The van der Waals surface area contributed by atoms with Crippen LogP contribution in [-0.4, -0.2) is 44.6 Å². The van der Waals surface area contributed by atoms with E-state index in [1.54, 1.807) is 50.2 Å². The average molecular weight is 497 g/mol. The van der Waals surface area contributed by atoms with Gasteiger partial charge in [-0.3, -0.25) is 9.59 Å². The standard InChI is InChI=1S/C25H24N2O7S/c1-5-34-24(30)15-10-12-16(13-11-15)26-22(29)20-14(2)19(25(31)33-4)23(35-20)27-21(28)17-8-6-7-9-18(17)32-3/h6-13H,5H2,1-4H3,(H,26,29)(H,27,28). The Balaban J connectivity index is 1.88. The van der Waals surface area contributed by atoms with Gasteiger partial charge in [-0.2, -0.15) is 0 Å². The number of methoxy groups -OCH3 is 2. The van der Waals surface area contributed by atoms with E-state index < -0.39 is 23.8 Å². The topological polar surface area (TPSA) is 120 Å². The Morgan fingerprint density at radius 1 is 0.886 bits per heavy atom. The van der Waals surface area contributed by atoms with E-state index in [-0.39, 0.29) is 27.6 Å². The zero-order chi connectivity index (χ0) is 25.5. The maximum atomic E-state index is 13.0. The van der Waals surface area contributed by atoms with Crippen LogP contribution < -0.4 is 15.4 Å². The highest BCUT2D eigenvalue weighted by atomic mass is 32.1. The number of esters is 2. The van der Waals surface area contributed by atoms with Gasteiger partial charge in [-0.25, -0.2) is 9.59 Å². The van der Waals surface area contributed by atoms with Crippen molar-refractivity contribution in [2.75, 3.05) is 31.5 Å². The molecule has 0 spiro atoms. The molecule has 1 heterocycles. The summed E-state index contributed by atoms with van der Waals surface area (Å²) in [6, 6.07) is 12.8. The van der Waals surface area contributed by atoms with Gasteiger partial charge in [0.15, 0.2) is 0 Å². The highest BCUT2D eigenvalue weighted by Gasteiger charge is 2.27. The second kappa shape index (κ2) is 11.3. The Labute approximate surface area is 206 Å². The molecular weight excluding hydrogens is 472 g/mol. The van der Waals surface area contributed by atoms with E-state index in [4.69, 9.17) is 14.2 Å². The molecule has 2 aromatic carbocycles. The number of carbonyl (C=O) groups is 4. The van der Waals surface area contributed by atoms with Crippen LogP contribution in [0.15, 0.2) is 48.5 Å². The Hall–Kier alpha value is -4.18. The van der Waals surface area contributed by atoms with E-state index >= 15 is 0 Å². The first-order chi connectivity index (χ1) is 16.8. The fraction of sp³-hybridized carbons (Fsp3) is 0.200. The summed E-state index contributed by atoms with van der Waals surface area (Å²) in [5.74, 6) is -1.78. The number of hydrogen-bond acceptors (Lipinski definition) is 8. The van der Waals surface area contributed by atoms with Gasteiger partial charge in [0.25, 0.3) is 11.8 Å². The molecule has 0 bridgehead atoms. The molecule has 35 heavy (non-hydrogen) atoms. The molecule has 3 rings (SSSR count). The third kappa shape index (κ3) is 5.67. The van der Waals surface area contributed by atoms with Gasteiger partial charge in [0.05, 0.1) is 42.4 Å². The summed E-state index contributed by atoms with van der Waals surface area (Å²) in [5.41, 5.74) is 1.51. The SMILES string of the molecule is CCOC(=O)c1ccc(NC(=O)c2sc(NC(=O)c3ccccc3OC)c(C(=O)OC)c2C)cc1. The lowest BCUT2D eigenvalue weighted by Gasteiger charge is -2.09. The molecule has 0 aliphatic heterocycles. The summed E-state index contributed by atoms with van der Waals surface area (Å²) in [6.45, 7) is 3.57. The van der Waals surface area contributed by atoms with E-state index in [0.717, 1.165) is 11.3 Å². The zero-order valence-electron chi connectivity index (χ0n) is 19.6. The van der Waals surface area contributed by atoms with Crippen molar-refractivity contribution in [1.29, 1.82) is 0 Å². The first-order valence-corrected chi connectivity index (χ1v) is 11.4. The van der Waals surface area contributed by atoms with Crippen LogP contribution in [0.3, 0.4) is 0 Å². The maximum Gasteiger partial charge on any atom is 0.341 e. The predicted molar refractivity (Wildman–Crippen MR) is 132 cm³/mol. The van der Waals surface area contributed by atoms with Gasteiger partial charge in [0.1, 0.15) is 10.8 Å². The number of anilines is 2. The first kappa shape index (κ1) is 25.4. The third-order valence-corrected chi connectivity index (χ3v) is 6.18. The van der Waals surface area contributed by atoms with Crippen LogP contribution in [0.25, 0.3) is 0 Å². The second-order valence-corrected chi connectivity index (χ2v) is 8.18. The maximum absolute atomic E-state index is 13.0. The molecule has 182 valence electrons. The molecular formula is C25H24N2O7S. The lowest BCUT2D eigenvalue weighted by Crippen LogP contribution is -2.15. The van der Waals surface area contributed by atoms with Crippen molar-refractivity contribution < 1.29 is 33.4 Å². The molecule has 0 radical (unpaired) electrons. The monoisotopic (exact) mass is 496 g/mol. The largest absolute Gasteiger partial charge is 0.496 e. The average Bonchev–Trinajstić information content (AvgIpc) is 3.19. The van der Waals surface area contributed by atoms with Crippen LogP contribution in [0, 0.1) is 6.92 Å². The van der Waals surface area contributed by atoms with Crippen molar-refractivity contribution in [3.63, 3.8) is 0 Å². The number of thiophene rings is 1. The minimum Gasteiger partial charge on any atom is -0.496 e. The summed E-state index contributed by atoms with van der Waals surface area (Å²) in [5, 5.41) is 5.60. The fourth-order valence-electron chi connectivity index (χ4n) is 3.26. The fourth-order valence-corrected chi connectivity index (χ4v) is 4.35. The molecule has 3 aromatic rings. The minimum absolute atomic E-state index is 0.0866. The summed E-state index contributed by atoms with van der Waals surface area (Å²) < 4.78 is 15.1. The highest BCUT2D eigenvalue weighted by Crippen LogP contribution is 2.35. The molecule has 0 fully saturated rings. The lowest BCUT2D eigenvalue weighted by atomic mass is 10.1. The van der Waals surface area contributed by atoms with E-state index in [0.29, 0.717) is 22.6 Å². The van der Waals surface area contributed by atoms with Gasteiger partial charge in [-0.1, -0.05) is 12.1 Å². The zero-order valence-corrected chi connectivity index (χ0v) is 20.4. The van der Waals surface area contributed by atoms with Crippen molar-refractivity contribution in [1.82, 2.24) is 0 Å². The number of hydrogen-bond donors (Lipinski definition) is 2. The van der Waals surface area contributed by atoms with E-state index in [1.807, 2.05) is 0 Å². The van der Waals surface area contributed by atoms with Crippen molar-refractivity contribution in [2.24, 2.45) is 0 Å². The lowest BCUT2D eigenvalue weighted by molar-refractivity contribution is 0.0525. The Morgan fingerprint density at radius 2 is 1.57 bits per heavy atom. The van der Waals surface area contributed by atoms with Gasteiger partial charge in [0, 0.05) is 5.69 Å². The van der Waals surface area contributed by atoms with Crippen LogP contribution in [0.2, 0.25) is 0 Å². The van der Waals surface area contributed by atoms with Crippen molar-refractivity contribution >= 4 is 45.8 Å². The molecule has 10 heteroatoms.